The predicted octanol–water partition coefficient (Wildman–Crippen LogP) is 2.62. The molecule has 21 heavy (non-hydrogen) atoms. The van der Waals surface area contributed by atoms with Crippen molar-refractivity contribution in [3.8, 4) is 11.8 Å². The lowest BCUT2D eigenvalue weighted by molar-refractivity contribution is -0.133. The van der Waals surface area contributed by atoms with Crippen molar-refractivity contribution in [1.82, 2.24) is 0 Å². The van der Waals surface area contributed by atoms with Gasteiger partial charge in [0.1, 0.15) is 0 Å². The fourth-order valence-electron chi connectivity index (χ4n) is 1.76. The summed E-state index contributed by atoms with van der Waals surface area (Å²) in [7, 11) is 0.814. The van der Waals surface area contributed by atoms with Gasteiger partial charge in [-0.25, -0.2) is 4.79 Å². The Balaban J connectivity index is 2.71. The maximum absolute atomic E-state index is 11.0. The van der Waals surface area contributed by atoms with Gasteiger partial charge in [-0.2, -0.15) is 0 Å². The highest BCUT2D eigenvalue weighted by Crippen LogP contribution is 2.25. The zero-order chi connectivity index (χ0) is 15.9. The second-order valence-electron chi connectivity index (χ2n) is 5.86. The molecule has 1 aromatic carbocycles. The number of hydrogen-bond acceptors (Lipinski definition) is 3. The van der Waals surface area contributed by atoms with E-state index in [9.17, 15) is 4.79 Å². The van der Waals surface area contributed by atoms with Gasteiger partial charge >= 0.3 is 5.97 Å². The Morgan fingerprint density at radius 2 is 1.90 bits per heavy atom. The van der Waals surface area contributed by atoms with Crippen molar-refractivity contribution >= 4 is 15.7 Å². The Hall–Kier alpha value is -1.57. The molecule has 3 nitrogen and oxygen atoms in total. The summed E-state index contributed by atoms with van der Waals surface area (Å²) in [6, 6.07) is 9.00. The van der Waals surface area contributed by atoms with Gasteiger partial charge in [-0.15, -0.1) is 0 Å². The second-order valence-corrected chi connectivity index (χ2v) is 7.13. The Bertz CT molecular complexity index is 521. The normalized spacial score (nSPS) is 11.5. The summed E-state index contributed by atoms with van der Waals surface area (Å²) >= 11 is 0. The van der Waals surface area contributed by atoms with E-state index in [-0.39, 0.29) is 5.60 Å². The highest BCUT2D eigenvalue weighted by molar-refractivity contribution is 6.27. The molecule has 0 N–H and O–H groups in total. The largest absolute Gasteiger partial charge is 0.459 e. The van der Waals surface area contributed by atoms with Gasteiger partial charge < -0.3 is 9.16 Å². The van der Waals surface area contributed by atoms with Crippen molar-refractivity contribution < 1.29 is 14.0 Å². The van der Waals surface area contributed by atoms with Gasteiger partial charge in [0.2, 0.25) is 0 Å². The summed E-state index contributed by atoms with van der Waals surface area (Å²) in [6.07, 6.45) is 0. The lowest BCUT2D eigenvalue weighted by Gasteiger charge is -2.27. The molecule has 4 heteroatoms. The Kier molecular flexibility index (Phi) is 6.67. The molecule has 0 heterocycles. The molecule has 0 fully saturated rings. The Morgan fingerprint density at radius 3 is 2.43 bits per heavy atom. The van der Waals surface area contributed by atoms with Crippen molar-refractivity contribution in [2.75, 3.05) is 7.11 Å². The summed E-state index contributed by atoms with van der Waals surface area (Å²) in [5.74, 6) is 5.37. The van der Waals surface area contributed by atoms with E-state index in [1.165, 1.54) is 13.2 Å². The summed E-state index contributed by atoms with van der Waals surface area (Å²) in [5.41, 5.74) is 1.65. The van der Waals surface area contributed by atoms with Crippen LogP contribution < -0.4 is 0 Å². The smallest absolute Gasteiger partial charge is 0.384 e. The second kappa shape index (κ2) is 8.01. The molecule has 0 aliphatic carbocycles. The van der Waals surface area contributed by atoms with Crippen LogP contribution in [0, 0.1) is 17.8 Å². The average Bonchev–Trinajstić information content (AvgIpc) is 2.44. The highest BCUT2D eigenvalue weighted by atomic mass is 28.2. The summed E-state index contributed by atoms with van der Waals surface area (Å²) in [5, 5.41) is 0. The lowest BCUT2D eigenvalue weighted by Crippen LogP contribution is -2.24. The quantitative estimate of drug-likeness (QED) is 0.476. The van der Waals surface area contributed by atoms with Crippen molar-refractivity contribution in [3.63, 3.8) is 0 Å². The van der Waals surface area contributed by atoms with E-state index in [0.29, 0.717) is 5.92 Å². The van der Waals surface area contributed by atoms with Crippen molar-refractivity contribution in [3.05, 3.63) is 35.4 Å². The van der Waals surface area contributed by atoms with Gasteiger partial charge in [-0.3, -0.25) is 0 Å². The predicted molar refractivity (Wildman–Crippen MR) is 87.6 cm³/mol. The van der Waals surface area contributed by atoms with Crippen LogP contribution in [-0.2, 0) is 19.6 Å². The number of esters is 1. The number of methoxy groups -OCH3 is 1. The monoisotopic (exact) mass is 304 g/mol. The van der Waals surface area contributed by atoms with E-state index in [1.54, 1.807) is 0 Å². The number of ether oxygens (including phenoxy) is 1. The number of benzene rings is 1. The van der Waals surface area contributed by atoms with Gasteiger partial charge in [-0.1, -0.05) is 31.9 Å². The molecule has 0 aromatic heterocycles. The van der Waals surface area contributed by atoms with Gasteiger partial charge in [0.15, 0.2) is 9.76 Å². The minimum atomic E-state index is -0.526. The first kappa shape index (κ1) is 17.5. The van der Waals surface area contributed by atoms with Crippen LogP contribution in [0.1, 0.15) is 38.8 Å². The molecule has 0 saturated carbocycles. The summed E-state index contributed by atoms with van der Waals surface area (Å²) in [4.78, 5) is 11.0. The van der Waals surface area contributed by atoms with Crippen molar-refractivity contribution in [2.45, 2.75) is 39.3 Å². The van der Waals surface area contributed by atoms with Crippen molar-refractivity contribution in [1.29, 1.82) is 0 Å². The molecular formula is C17H24O3Si. The first-order valence-corrected chi connectivity index (χ1v) is 8.77. The van der Waals surface area contributed by atoms with Crippen LogP contribution in [0.3, 0.4) is 0 Å². The van der Waals surface area contributed by atoms with E-state index >= 15 is 0 Å². The zero-order valence-electron chi connectivity index (χ0n) is 13.5. The third kappa shape index (κ3) is 6.15. The topological polar surface area (TPSA) is 35.5 Å². The first-order valence-electron chi connectivity index (χ1n) is 7.19. The molecule has 0 amide bonds. The molecule has 0 aliphatic heterocycles. The average molecular weight is 304 g/mol. The van der Waals surface area contributed by atoms with E-state index in [4.69, 9.17) is 4.43 Å². The molecular weight excluding hydrogens is 280 g/mol. The molecule has 0 radical (unpaired) electrons. The summed E-state index contributed by atoms with van der Waals surface area (Å²) in [6.45, 7) is 8.63. The number of rotatable bonds is 5. The van der Waals surface area contributed by atoms with Crippen molar-refractivity contribution in [2.24, 2.45) is 5.92 Å². The standard InChI is InChI=1S/C17H24O3Si/c1-13(2)12-21-20-17(3,4)15-9-6-14(7-10-15)8-11-16(18)19-5/h6-7,9-10,13H,12,21H2,1-5H3. The third-order valence-electron chi connectivity index (χ3n) is 3.23. The molecule has 0 atom stereocenters. The van der Waals surface area contributed by atoms with Crippen LogP contribution in [0.2, 0.25) is 6.04 Å². The molecule has 0 unspecified atom stereocenters. The van der Waals surface area contributed by atoms with E-state index in [2.05, 4.69) is 44.3 Å². The molecule has 0 aliphatic rings. The van der Waals surface area contributed by atoms with Gasteiger partial charge in [-0.05, 0) is 43.5 Å². The van der Waals surface area contributed by atoms with Gasteiger partial charge in [0.25, 0.3) is 0 Å². The van der Waals surface area contributed by atoms with E-state index in [0.717, 1.165) is 11.1 Å². The fourth-order valence-corrected chi connectivity index (χ4v) is 3.03. The third-order valence-corrected chi connectivity index (χ3v) is 5.55. The van der Waals surface area contributed by atoms with Crippen LogP contribution in [0.15, 0.2) is 24.3 Å². The molecule has 0 bridgehead atoms. The van der Waals surface area contributed by atoms with Crippen LogP contribution >= 0.6 is 0 Å². The highest BCUT2D eigenvalue weighted by Gasteiger charge is 2.20. The molecule has 114 valence electrons. The Labute approximate surface area is 130 Å². The van der Waals surface area contributed by atoms with Gasteiger partial charge in [0, 0.05) is 11.5 Å². The molecule has 1 aromatic rings. The number of carbonyl (C=O) groups is 1. The molecule has 0 spiro atoms. The first-order chi connectivity index (χ1) is 9.85. The van der Waals surface area contributed by atoms with Crippen LogP contribution in [-0.4, -0.2) is 22.8 Å². The maximum atomic E-state index is 11.0. The van der Waals surface area contributed by atoms with Crippen LogP contribution in [0.5, 0.6) is 0 Å². The van der Waals surface area contributed by atoms with Crippen LogP contribution in [0.25, 0.3) is 0 Å². The minimum Gasteiger partial charge on any atom is -0.459 e. The SMILES string of the molecule is COC(=O)C#Cc1ccc(C(C)(C)O[SiH2]CC(C)C)cc1. The van der Waals surface area contributed by atoms with E-state index < -0.39 is 15.7 Å². The zero-order valence-corrected chi connectivity index (χ0v) is 14.9. The maximum Gasteiger partial charge on any atom is 0.384 e. The Morgan fingerprint density at radius 1 is 1.29 bits per heavy atom. The lowest BCUT2D eigenvalue weighted by atomic mass is 9.97. The summed E-state index contributed by atoms with van der Waals surface area (Å²) < 4.78 is 10.6. The molecule has 1 rings (SSSR count). The number of hydrogen-bond donors (Lipinski definition) is 0. The fraction of sp³-hybridized carbons (Fsp3) is 0.471. The van der Waals surface area contributed by atoms with E-state index in [1.807, 2.05) is 24.3 Å². The molecule has 0 saturated heterocycles. The number of carbonyl (C=O) groups excluding carboxylic acids is 1. The van der Waals surface area contributed by atoms with Crippen LogP contribution in [0.4, 0.5) is 0 Å². The van der Waals surface area contributed by atoms with Gasteiger partial charge in [0.05, 0.1) is 12.7 Å². The minimum absolute atomic E-state index is 0.268.